The molecule has 1 heterocycles. The molecule has 3 aromatic carbocycles. The Morgan fingerprint density at radius 3 is 1.48 bits per heavy atom. The van der Waals surface area contributed by atoms with E-state index in [0.29, 0.717) is 11.3 Å². The zero-order valence-corrected chi connectivity index (χ0v) is 20.4. The summed E-state index contributed by atoms with van der Waals surface area (Å²) in [5.41, 5.74) is 6.57. The Bertz CT molecular complexity index is 1300. The molecule has 2 nitrogen and oxygen atoms in total. The van der Waals surface area contributed by atoms with Crippen LogP contribution in [0.15, 0.2) is 94.1 Å². The molecule has 168 valence electrons. The fourth-order valence-corrected chi connectivity index (χ4v) is 3.99. The van der Waals surface area contributed by atoms with Crippen LogP contribution in [0.2, 0.25) is 0 Å². The van der Waals surface area contributed by atoms with Crippen molar-refractivity contribution >= 4 is 0 Å². The first-order valence-corrected chi connectivity index (χ1v) is 11.5. The van der Waals surface area contributed by atoms with Gasteiger partial charge in [0.1, 0.15) is 5.76 Å². The normalized spacial score (nSPS) is 12.1. The molecule has 0 aliphatic heterocycles. The van der Waals surface area contributed by atoms with Gasteiger partial charge in [0, 0.05) is 11.1 Å². The number of hydrogen-bond donors (Lipinski definition) is 0. The molecule has 0 saturated heterocycles. The van der Waals surface area contributed by atoms with E-state index in [-0.39, 0.29) is 16.5 Å². The summed E-state index contributed by atoms with van der Waals surface area (Å²) in [6.45, 7) is 13.2. The van der Waals surface area contributed by atoms with Crippen molar-refractivity contribution in [3.05, 3.63) is 106 Å². The van der Waals surface area contributed by atoms with Crippen LogP contribution in [-0.4, -0.2) is 0 Å². The SMILES string of the molecule is CC(C)(C)c1ccc(-c2cc(-c3ccccc3)c(=O)oc2-c2ccc(C(C)(C)C)cc2)cc1. The molecule has 0 unspecified atom stereocenters. The maximum atomic E-state index is 13.0. The summed E-state index contributed by atoms with van der Waals surface area (Å²) in [6.07, 6.45) is 0. The van der Waals surface area contributed by atoms with E-state index in [2.05, 4.69) is 77.9 Å². The summed E-state index contributed by atoms with van der Waals surface area (Å²) in [7, 11) is 0. The average Bonchev–Trinajstić information content (AvgIpc) is 2.78. The quantitative estimate of drug-likeness (QED) is 0.324. The van der Waals surface area contributed by atoms with Crippen molar-refractivity contribution in [3.63, 3.8) is 0 Å². The Kier molecular flexibility index (Phi) is 5.88. The van der Waals surface area contributed by atoms with Crippen LogP contribution in [0.25, 0.3) is 33.6 Å². The Morgan fingerprint density at radius 1 is 0.545 bits per heavy atom. The van der Waals surface area contributed by atoms with E-state index in [0.717, 1.165) is 22.3 Å². The molecular formula is C31H32O2. The minimum atomic E-state index is -0.328. The lowest BCUT2D eigenvalue weighted by atomic mass is 9.85. The van der Waals surface area contributed by atoms with E-state index in [4.69, 9.17) is 4.42 Å². The second-order valence-electron chi connectivity index (χ2n) is 10.7. The highest BCUT2D eigenvalue weighted by Gasteiger charge is 2.19. The molecule has 0 spiro atoms. The van der Waals surface area contributed by atoms with Crippen LogP contribution in [0, 0.1) is 0 Å². The van der Waals surface area contributed by atoms with Crippen molar-refractivity contribution < 1.29 is 4.42 Å². The van der Waals surface area contributed by atoms with Gasteiger partial charge >= 0.3 is 5.63 Å². The van der Waals surface area contributed by atoms with Gasteiger partial charge < -0.3 is 4.42 Å². The van der Waals surface area contributed by atoms with Gasteiger partial charge in [-0.2, -0.15) is 0 Å². The highest BCUT2D eigenvalue weighted by molar-refractivity contribution is 5.83. The van der Waals surface area contributed by atoms with E-state index >= 15 is 0 Å². The van der Waals surface area contributed by atoms with E-state index in [1.807, 2.05) is 48.5 Å². The molecule has 1 aromatic heterocycles. The summed E-state index contributed by atoms with van der Waals surface area (Å²) in [5.74, 6) is 0.601. The first kappa shape index (κ1) is 22.8. The summed E-state index contributed by atoms with van der Waals surface area (Å²) in [4.78, 5) is 13.0. The second kappa shape index (κ2) is 8.51. The molecule has 0 atom stereocenters. The number of benzene rings is 3. The summed E-state index contributed by atoms with van der Waals surface area (Å²) in [5, 5.41) is 0. The van der Waals surface area contributed by atoms with Gasteiger partial charge in [-0.05, 0) is 39.2 Å². The van der Waals surface area contributed by atoms with Gasteiger partial charge in [-0.15, -0.1) is 0 Å². The third-order valence-corrected chi connectivity index (χ3v) is 6.11. The van der Waals surface area contributed by atoms with Crippen molar-refractivity contribution in [3.8, 4) is 33.6 Å². The van der Waals surface area contributed by atoms with Gasteiger partial charge in [-0.1, -0.05) is 120 Å². The maximum Gasteiger partial charge on any atom is 0.344 e. The van der Waals surface area contributed by atoms with Crippen molar-refractivity contribution in [2.45, 2.75) is 52.4 Å². The largest absolute Gasteiger partial charge is 0.422 e. The van der Waals surface area contributed by atoms with Crippen LogP contribution in [0.1, 0.15) is 52.7 Å². The molecular weight excluding hydrogens is 404 g/mol. The monoisotopic (exact) mass is 436 g/mol. The third kappa shape index (κ3) is 4.85. The molecule has 0 amide bonds. The Morgan fingerprint density at radius 2 is 1.00 bits per heavy atom. The molecule has 2 heteroatoms. The minimum absolute atomic E-state index is 0.0577. The van der Waals surface area contributed by atoms with Gasteiger partial charge in [0.15, 0.2) is 0 Å². The predicted octanol–water partition coefficient (Wildman–Crippen LogP) is 8.24. The lowest BCUT2D eigenvalue weighted by Gasteiger charge is -2.20. The van der Waals surface area contributed by atoms with Crippen molar-refractivity contribution in [2.24, 2.45) is 0 Å². The molecule has 0 saturated carbocycles. The van der Waals surface area contributed by atoms with E-state index in [9.17, 15) is 4.79 Å². The Labute approximate surface area is 196 Å². The fourth-order valence-electron chi connectivity index (χ4n) is 3.99. The lowest BCUT2D eigenvalue weighted by molar-refractivity contribution is 0.529. The standard InChI is InChI=1S/C31H32O2/c1-30(2,3)24-16-12-22(13-17-24)26-20-27(21-10-8-7-9-11-21)29(32)33-28(26)23-14-18-25(19-15-23)31(4,5)6/h7-20H,1-6H3. The van der Waals surface area contributed by atoms with Crippen LogP contribution >= 0.6 is 0 Å². The zero-order valence-electron chi connectivity index (χ0n) is 20.4. The number of rotatable bonds is 3. The first-order chi connectivity index (χ1) is 15.5. The molecule has 0 aliphatic rings. The van der Waals surface area contributed by atoms with Gasteiger partial charge in [-0.25, -0.2) is 4.79 Å². The van der Waals surface area contributed by atoms with Crippen LogP contribution in [0.4, 0.5) is 0 Å². The highest BCUT2D eigenvalue weighted by atomic mass is 16.4. The zero-order chi connectivity index (χ0) is 23.8. The van der Waals surface area contributed by atoms with Crippen LogP contribution in [0.5, 0.6) is 0 Å². The molecule has 4 rings (SSSR count). The van der Waals surface area contributed by atoms with Crippen LogP contribution in [-0.2, 0) is 10.8 Å². The summed E-state index contributed by atoms with van der Waals surface area (Å²) < 4.78 is 6.00. The van der Waals surface area contributed by atoms with Crippen LogP contribution < -0.4 is 5.63 Å². The molecule has 0 radical (unpaired) electrons. The fraction of sp³-hybridized carbons (Fsp3) is 0.258. The smallest absolute Gasteiger partial charge is 0.344 e. The van der Waals surface area contributed by atoms with Gasteiger partial charge in [-0.3, -0.25) is 0 Å². The molecule has 0 aliphatic carbocycles. The number of hydrogen-bond acceptors (Lipinski definition) is 2. The molecule has 0 fully saturated rings. The third-order valence-electron chi connectivity index (χ3n) is 6.11. The van der Waals surface area contributed by atoms with Gasteiger partial charge in [0.25, 0.3) is 0 Å². The van der Waals surface area contributed by atoms with Crippen LogP contribution in [0.3, 0.4) is 0 Å². The lowest BCUT2D eigenvalue weighted by Crippen LogP contribution is -2.11. The van der Waals surface area contributed by atoms with Crippen molar-refractivity contribution in [1.82, 2.24) is 0 Å². The molecule has 0 N–H and O–H groups in total. The van der Waals surface area contributed by atoms with Crippen molar-refractivity contribution in [1.29, 1.82) is 0 Å². The molecule has 0 bridgehead atoms. The van der Waals surface area contributed by atoms with E-state index in [1.54, 1.807) is 0 Å². The molecule has 33 heavy (non-hydrogen) atoms. The topological polar surface area (TPSA) is 30.2 Å². The Balaban J connectivity index is 1.91. The minimum Gasteiger partial charge on any atom is -0.422 e. The maximum absolute atomic E-state index is 13.0. The van der Waals surface area contributed by atoms with Crippen molar-refractivity contribution in [2.75, 3.05) is 0 Å². The Hall–Kier alpha value is -3.39. The first-order valence-electron chi connectivity index (χ1n) is 11.5. The van der Waals surface area contributed by atoms with E-state index < -0.39 is 0 Å². The summed E-state index contributed by atoms with van der Waals surface area (Å²) >= 11 is 0. The summed E-state index contributed by atoms with van der Waals surface area (Å²) in [6, 6.07) is 28.6. The van der Waals surface area contributed by atoms with Gasteiger partial charge in [0.05, 0.1) is 5.56 Å². The predicted molar refractivity (Wildman–Crippen MR) is 139 cm³/mol. The molecule has 4 aromatic rings. The highest BCUT2D eigenvalue weighted by Crippen LogP contribution is 2.36. The average molecular weight is 437 g/mol. The van der Waals surface area contributed by atoms with Gasteiger partial charge in [0.2, 0.25) is 0 Å². The van der Waals surface area contributed by atoms with E-state index in [1.165, 1.54) is 11.1 Å². The second-order valence-corrected chi connectivity index (χ2v) is 10.7.